The molecule has 1 fully saturated rings. The van der Waals surface area contributed by atoms with Crippen LogP contribution in [0.4, 0.5) is 0 Å². The Labute approximate surface area is 119 Å². The van der Waals surface area contributed by atoms with Crippen LogP contribution in [0, 0.1) is 0 Å². The molecule has 0 N–H and O–H groups in total. The lowest BCUT2D eigenvalue weighted by atomic mass is 9.97. The molecule has 1 unspecified atom stereocenters. The van der Waals surface area contributed by atoms with Crippen molar-refractivity contribution in [1.29, 1.82) is 0 Å². The number of amides is 1. The van der Waals surface area contributed by atoms with Gasteiger partial charge < -0.3 is 4.90 Å². The molecule has 0 bridgehead atoms. The Morgan fingerprint density at radius 1 is 1.40 bits per heavy atom. The number of likely N-dealkylation sites (tertiary alicyclic amines) is 1. The molecule has 0 saturated carbocycles. The molecular weight excluding hydrogens is 254 g/mol. The fourth-order valence-corrected chi connectivity index (χ4v) is 2.86. The third-order valence-electron chi connectivity index (χ3n) is 3.92. The zero-order valence-corrected chi connectivity index (χ0v) is 12.6. The summed E-state index contributed by atoms with van der Waals surface area (Å²) in [6, 6.07) is 1.91. The molecule has 1 aliphatic rings. The number of ketones is 1. The lowest BCUT2D eigenvalue weighted by Gasteiger charge is -2.35. The van der Waals surface area contributed by atoms with Crippen molar-refractivity contribution in [2.75, 3.05) is 6.54 Å². The minimum atomic E-state index is 0.00523. The van der Waals surface area contributed by atoms with E-state index in [0.29, 0.717) is 12.1 Å². The van der Waals surface area contributed by atoms with Crippen molar-refractivity contribution in [2.45, 2.75) is 52.0 Å². The van der Waals surface area contributed by atoms with Gasteiger partial charge in [0.2, 0.25) is 0 Å². The summed E-state index contributed by atoms with van der Waals surface area (Å²) in [4.78, 5) is 25.9. The van der Waals surface area contributed by atoms with Gasteiger partial charge in [0.1, 0.15) is 11.5 Å². The summed E-state index contributed by atoms with van der Waals surface area (Å²) in [5.74, 6) is 0.152. The smallest absolute Gasteiger partial charge is 0.272 e. The molecule has 1 aromatic rings. The van der Waals surface area contributed by atoms with Crippen LogP contribution in [-0.2, 0) is 18.3 Å². The standard InChI is InChI=1S/C15H23N3O2/c1-4-12-10-14(17(3)16-12)15(20)18-8-6-5-7-13(18)9-11(2)19/h10,13H,4-9H2,1-3H3. The normalized spacial score (nSPS) is 19.1. The average Bonchev–Trinajstić information content (AvgIpc) is 2.79. The maximum absolute atomic E-state index is 12.7. The molecule has 0 aromatic carbocycles. The van der Waals surface area contributed by atoms with Gasteiger partial charge in [0.25, 0.3) is 5.91 Å². The first-order valence-corrected chi connectivity index (χ1v) is 7.36. The summed E-state index contributed by atoms with van der Waals surface area (Å²) >= 11 is 0. The first kappa shape index (κ1) is 14.8. The van der Waals surface area contributed by atoms with Crippen LogP contribution >= 0.6 is 0 Å². The van der Waals surface area contributed by atoms with Gasteiger partial charge in [0, 0.05) is 26.1 Å². The van der Waals surface area contributed by atoms with Crippen LogP contribution in [0.1, 0.15) is 55.7 Å². The Kier molecular flexibility index (Phi) is 4.57. The van der Waals surface area contributed by atoms with Crippen LogP contribution < -0.4 is 0 Å². The monoisotopic (exact) mass is 277 g/mol. The first-order valence-electron chi connectivity index (χ1n) is 7.36. The number of Topliss-reactive ketones (excluding diaryl/α,β-unsaturated/α-hetero) is 1. The van der Waals surface area contributed by atoms with E-state index in [0.717, 1.165) is 37.9 Å². The molecule has 1 atom stereocenters. The van der Waals surface area contributed by atoms with Crippen LogP contribution in [0.2, 0.25) is 0 Å². The minimum Gasteiger partial charge on any atom is -0.334 e. The predicted octanol–water partition coefficient (Wildman–Crippen LogP) is 1.96. The van der Waals surface area contributed by atoms with Gasteiger partial charge >= 0.3 is 0 Å². The highest BCUT2D eigenvalue weighted by atomic mass is 16.2. The molecule has 1 aliphatic heterocycles. The second-order valence-electron chi connectivity index (χ2n) is 5.55. The maximum Gasteiger partial charge on any atom is 0.272 e. The molecule has 2 heterocycles. The Balaban J connectivity index is 2.20. The second-order valence-corrected chi connectivity index (χ2v) is 5.55. The summed E-state index contributed by atoms with van der Waals surface area (Å²) in [6.07, 6.45) is 4.30. The SMILES string of the molecule is CCc1cc(C(=O)N2CCCCC2CC(C)=O)n(C)n1. The lowest BCUT2D eigenvalue weighted by molar-refractivity contribution is -0.118. The molecule has 5 heteroatoms. The third-order valence-corrected chi connectivity index (χ3v) is 3.92. The zero-order valence-electron chi connectivity index (χ0n) is 12.6. The number of hydrogen-bond donors (Lipinski definition) is 0. The fourth-order valence-electron chi connectivity index (χ4n) is 2.86. The van der Waals surface area contributed by atoms with E-state index in [4.69, 9.17) is 0 Å². The summed E-state index contributed by atoms with van der Waals surface area (Å²) < 4.78 is 1.65. The van der Waals surface area contributed by atoms with E-state index in [1.54, 1.807) is 18.7 Å². The molecule has 0 spiro atoms. The Morgan fingerprint density at radius 2 is 2.15 bits per heavy atom. The molecule has 5 nitrogen and oxygen atoms in total. The summed E-state index contributed by atoms with van der Waals surface area (Å²) in [5, 5.41) is 4.33. The van der Waals surface area contributed by atoms with E-state index in [-0.39, 0.29) is 17.7 Å². The molecule has 1 saturated heterocycles. The minimum absolute atomic E-state index is 0.00523. The molecule has 0 radical (unpaired) electrons. The number of carbonyl (C=O) groups excluding carboxylic acids is 2. The Bertz CT molecular complexity index is 507. The highest BCUT2D eigenvalue weighted by molar-refractivity contribution is 5.93. The van der Waals surface area contributed by atoms with Crippen LogP contribution in [0.25, 0.3) is 0 Å². The van der Waals surface area contributed by atoms with Crippen LogP contribution in [0.5, 0.6) is 0 Å². The number of rotatable bonds is 4. The number of aryl methyl sites for hydroxylation is 2. The van der Waals surface area contributed by atoms with Crippen molar-refractivity contribution in [2.24, 2.45) is 7.05 Å². The summed E-state index contributed by atoms with van der Waals surface area (Å²) in [6.45, 7) is 4.36. The summed E-state index contributed by atoms with van der Waals surface area (Å²) in [7, 11) is 1.80. The quantitative estimate of drug-likeness (QED) is 0.845. The van der Waals surface area contributed by atoms with Crippen molar-refractivity contribution < 1.29 is 9.59 Å². The van der Waals surface area contributed by atoms with E-state index in [9.17, 15) is 9.59 Å². The number of carbonyl (C=O) groups is 2. The zero-order chi connectivity index (χ0) is 14.7. The number of piperidine rings is 1. The van der Waals surface area contributed by atoms with E-state index in [1.807, 2.05) is 17.9 Å². The average molecular weight is 277 g/mol. The third kappa shape index (κ3) is 3.08. The van der Waals surface area contributed by atoms with E-state index in [2.05, 4.69) is 5.10 Å². The number of hydrogen-bond acceptors (Lipinski definition) is 3. The van der Waals surface area contributed by atoms with Crippen molar-refractivity contribution >= 4 is 11.7 Å². The van der Waals surface area contributed by atoms with Crippen LogP contribution in [-0.4, -0.2) is 39.0 Å². The van der Waals surface area contributed by atoms with Gasteiger partial charge in [0.15, 0.2) is 0 Å². The van der Waals surface area contributed by atoms with Crippen molar-refractivity contribution in [3.05, 3.63) is 17.5 Å². The van der Waals surface area contributed by atoms with Gasteiger partial charge in [-0.15, -0.1) is 0 Å². The van der Waals surface area contributed by atoms with Gasteiger partial charge in [-0.05, 0) is 38.7 Å². The molecule has 1 amide bonds. The maximum atomic E-state index is 12.7. The second kappa shape index (κ2) is 6.20. The van der Waals surface area contributed by atoms with Gasteiger partial charge in [-0.1, -0.05) is 6.92 Å². The molecule has 1 aromatic heterocycles. The molecule has 2 rings (SSSR count). The largest absolute Gasteiger partial charge is 0.334 e. The van der Waals surface area contributed by atoms with Gasteiger partial charge in [-0.3, -0.25) is 14.3 Å². The highest BCUT2D eigenvalue weighted by Crippen LogP contribution is 2.22. The highest BCUT2D eigenvalue weighted by Gasteiger charge is 2.29. The van der Waals surface area contributed by atoms with Crippen LogP contribution in [0.15, 0.2) is 6.07 Å². The molecule has 110 valence electrons. The number of aromatic nitrogens is 2. The van der Waals surface area contributed by atoms with Crippen molar-refractivity contribution in [3.63, 3.8) is 0 Å². The molecule has 20 heavy (non-hydrogen) atoms. The van der Waals surface area contributed by atoms with E-state index in [1.165, 1.54) is 0 Å². The molecular formula is C15H23N3O2. The van der Waals surface area contributed by atoms with Crippen molar-refractivity contribution in [1.82, 2.24) is 14.7 Å². The van der Waals surface area contributed by atoms with Crippen LogP contribution in [0.3, 0.4) is 0 Å². The van der Waals surface area contributed by atoms with Crippen molar-refractivity contribution in [3.8, 4) is 0 Å². The van der Waals surface area contributed by atoms with E-state index < -0.39 is 0 Å². The Hall–Kier alpha value is -1.65. The van der Waals surface area contributed by atoms with Gasteiger partial charge in [-0.2, -0.15) is 5.10 Å². The summed E-state index contributed by atoms with van der Waals surface area (Å²) in [5.41, 5.74) is 1.55. The Morgan fingerprint density at radius 3 is 2.75 bits per heavy atom. The lowest BCUT2D eigenvalue weighted by Crippen LogP contribution is -2.45. The predicted molar refractivity (Wildman–Crippen MR) is 76.6 cm³/mol. The van der Waals surface area contributed by atoms with Gasteiger partial charge in [-0.25, -0.2) is 0 Å². The number of nitrogens with zero attached hydrogens (tertiary/aromatic N) is 3. The fraction of sp³-hybridized carbons (Fsp3) is 0.667. The topological polar surface area (TPSA) is 55.2 Å². The molecule has 0 aliphatic carbocycles. The first-order chi connectivity index (χ1) is 9.52. The van der Waals surface area contributed by atoms with Gasteiger partial charge in [0.05, 0.1) is 5.69 Å². The van der Waals surface area contributed by atoms with E-state index >= 15 is 0 Å².